The fraction of sp³-hybridized carbons (Fsp3) is 0.250. The van der Waals surface area contributed by atoms with Crippen molar-refractivity contribution in [2.45, 2.75) is 12.2 Å². The Balaban J connectivity index is 3.21. The molecule has 0 aliphatic carbocycles. The average molecular weight is 243 g/mol. The first-order chi connectivity index (χ1) is 6.73. The third-order valence-electron chi connectivity index (χ3n) is 1.80. The van der Waals surface area contributed by atoms with Gasteiger partial charge in [-0.15, -0.1) is 0 Å². The highest BCUT2D eigenvalue weighted by Crippen LogP contribution is 2.34. The van der Waals surface area contributed by atoms with Crippen molar-refractivity contribution in [1.82, 2.24) is 0 Å². The SMILES string of the molecule is Nc1cc(F)c([C@@H](N)C(F)(F)F)cc1Cl. The molecule has 0 aromatic heterocycles. The number of anilines is 1. The number of rotatable bonds is 1. The molecule has 0 unspecified atom stereocenters. The van der Waals surface area contributed by atoms with Crippen LogP contribution < -0.4 is 11.5 Å². The van der Waals surface area contributed by atoms with Crippen LogP contribution in [0, 0.1) is 5.82 Å². The van der Waals surface area contributed by atoms with E-state index >= 15 is 0 Å². The Kier molecular flexibility index (Phi) is 3.11. The van der Waals surface area contributed by atoms with Crippen LogP contribution in [0.4, 0.5) is 23.2 Å². The summed E-state index contributed by atoms with van der Waals surface area (Å²) >= 11 is 5.47. The summed E-state index contributed by atoms with van der Waals surface area (Å²) in [6, 6.07) is -0.913. The molecule has 0 saturated heterocycles. The van der Waals surface area contributed by atoms with Crippen LogP contribution in [-0.4, -0.2) is 6.18 Å². The molecule has 0 radical (unpaired) electrons. The maximum Gasteiger partial charge on any atom is 0.407 e. The molecule has 7 heteroatoms. The van der Waals surface area contributed by atoms with Gasteiger partial charge < -0.3 is 11.5 Å². The fourth-order valence-electron chi connectivity index (χ4n) is 0.992. The lowest BCUT2D eigenvalue weighted by Crippen LogP contribution is -2.29. The van der Waals surface area contributed by atoms with E-state index in [4.69, 9.17) is 23.1 Å². The molecular formula is C8H7ClF4N2. The van der Waals surface area contributed by atoms with Gasteiger partial charge in [-0.2, -0.15) is 13.2 Å². The minimum atomic E-state index is -4.72. The first-order valence-electron chi connectivity index (χ1n) is 3.80. The highest BCUT2D eigenvalue weighted by Gasteiger charge is 2.39. The number of alkyl halides is 3. The van der Waals surface area contributed by atoms with Gasteiger partial charge in [-0.05, 0) is 12.1 Å². The number of hydrogen-bond acceptors (Lipinski definition) is 2. The van der Waals surface area contributed by atoms with Gasteiger partial charge in [-0.25, -0.2) is 4.39 Å². The summed E-state index contributed by atoms with van der Waals surface area (Å²) in [5.74, 6) is -1.12. The van der Waals surface area contributed by atoms with Crippen molar-refractivity contribution in [3.8, 4) is 0 Å². The molecule has 0 saturated carbocycles. The molecule has 1 aromatic rings. The van der Waals surface area contributed by atoms with Gasteiger partial charge in [0.25, 0.3) is 0 Å². The number of halogens is 5. The van der Waals surface area contributed by atoms with Crippen LogP contribution in [0.3, 0.4) is 0 Å². The molecule has 15 heavy (non-hydrogen) atoms. The molecule has 0 bridgehead atoms. The van der Waals surface area contributed by atoms with Gasteiger partial charge in [0.2, 0.25) is 0 Å². The minimum Gasteiger partial charge on any atom is -0.397 e. The second-order valence-corrected chi connectivity index (χ2v) is 3.32. The van der Waals surface area contributed by atoms with E-state index in [0.29, 0.717) is 6.07 Å². The van der Waals surface area contributed by atoms with Crippen molar-refractivity contribution in [2.75, 3.05) is 5.73 Å². The normalized spacial score (nSPS) is 14.0. The Morgan fingerprint density at radius 1 is 1.27 bits per heavy atom. The predicted octanol–water partition coefficient (Wildman–Crippen LogP) is 2.62. The van der Waals surface area contributed by atoms with E-state index in [1.54, 1.807) is 0 Å². The smallest absolute Gasteiger partial charge is 0.397 e. The summed E-state index contributed by atoms with van der Waals surface area (Å²) in [5, 5.41) is -0.161. The van der Waals surface area contributed by atoms with Gasteiger partial charge in [0, 0.05) is 5.56 Å². The van der Waals surface area contributed by atoms with E-state index in [1.165, 1.54) is 0 Å². The Morgan fingerprint density at radius 2 is 1.80 bits per heavy atom. The van der Waals surface area contributed by atoms with Crippen LogP contribution in [0.1, 0.15) is 11.6 Å². The van der Waals surface area contributed by atoms with Crippen molar-refractivity contribution >= 4 is 17.3 Å². The Labute approximate surface area is 87.8 Å². The number of hydrogen-bond donors (Lipinski definition) is 2. The van der Waals surface area contributed by atoms with Gasteiger partial charge >= 0.3 is 6.18 Å². The zero-order chi connectivity index (χ0) is 11.8. The van der Waals surface area contributed by atoms with Crippen LogP contribution in [0.15, 0.2) is 12.1 Å². The second-order valence-electron chi connectivity index (χ2n) is 2.91. The van der Waals surface area contributed by atoms with E-state index < -0.39 is 23.6 Å². The zero-order valence-electron chi connectivity index (χ0n) is 7.28. The lowest BCUT2D eigenvalue weighted by atomic mass is 10.1. The molecule has 1 atom stereocenters. The van der Waals surface area contributed by atoms with E-state index in [2.05, 4.69) is 0 Å². The lowest BCUT2D eigenvalue weighted by Gasteiger charge is -2.17. The Bertz CT molecular complexity index is 378. The summed E-state index contributed by atoms with van der Waals surface area (Å²) in [6.07, 6.45) is -4.72. The van der Waals surface area contributed by atoms with E-state index in [0.717, 1.165) is 6.07 Å². The topological polar surface area (TPSA) is 52.0 Å². The summed E-state index contributed by atoms with van der Waals surface area (Å²) in [4.78, 5) is 0. The third kappa shape index (κ3) is 2.51. The largest absolute Gasteiger partial charge is 0.407 e. The van der Waals surface area contributed by atoms with Crippen LogP contribution >= 0.6 is 11.6 Å². The summed E-state index contributed by atoms with van der Waals surface area (Å²) in [7, 11) is 0. The Hall–Kier alpha value is -1.01. The van der Waals surface area contributed by atoms with Gasteiger partial charge in [0.1, 0.15) is 11.9 Å². The molecule has 0 amide bonds. The molecule has 2 nitrogen and oxygen atoms in total. The highest BCUT2D eigenvalue weighted by atomic mass is 35.5. The average Bonchev–Trinajstić information content (AvgIpc) is 2.08. The van der Waals surface area contributed by atoms with Crippen LogP contribution in [0.2, 0.25) is 5.02 Å². The van der Waals surface area contributed by atoms with Crippen LogP contribution in [0.25, 0.3) is 0 Å². The quantitative estimate of drug-likeness (QED) is 0.588. The van der Waals surface area contributed by atoms with Crippen LogP contribution in [0.5, 0.6) is 0 Å². The molecule has 0 fully saturated rings. The number of benzene rings is 1. The van der Waals surface area contributed by atoms with Gasteiger partial charge in [-0.3, -0.25) is 0 Å². The van der Waals surface area contributed by atoms with E-state index in [9.17, 15) is 17.6 Å². The molecule has 0 aliphatic rings. The molecular weight excluding hydrogens is 236 g/mol. The predicted molar refractivity (Wildman–Crippen MR) is 48.8 cm³/mol. The molecule has 4 N–H and O–H groups in total. The molecule has 84 valence electrons. The molecule has 0 spiro atoms. The number of nitrogen functional groups attached to an aromatic ring is 1. The first-order valence-corrected chi connectivity index (χ1v) is 4.18. The highest BCUT2D eigenvalue weighted by molar-refractivity contribution is 6.33. The molecule has 0 aliphatic heterocycles. The monoisotopic (exact) mass is 242 g/mol. The van der Waals surface area contributed by atoms with Crippen molar-refractivity contribution in [3.63, 3.8) is 0 Å². The van der Waals surface area contributed by atoms with Gasteiger partial charge in [-0.1, -0.05) is 11.6 Å². The summed E-state index contributed by atoms with van der Waals surface area (Å²) in [5.41, 5.74) is 9.18. The van der Waals surface area contributed by atoms with Crippen molar-refractivity contribution in [3.05, 3.63) is 28.5 Å². The van der Waals surface area contributed by atoms with Gasteiger partial charge in [0.05, 0.1) is 10.7 Å². The third-order valence-corrected chi connectivity index (χ3v) is 2.13. The van der Waals surface area contributed by atoms with E-state index in [-0.39, 0.29) is 10.7 Å². The molecule has 1 rings (SSSR count). The van der Waals surface area contributed by atoms with Crippen molar-refractivity contribution in [1.29, 1.82) is 0 Å². The van der Waals surface area contributed by atoms with Gasteiger partial charge in [0.15, 0.2) is 0 Å². The van der Waals surface area contributed by atoms with E-state index in [1.807, 2.05) is 0 Å². The lowest BCUT2D eigenvalue weighted by molar-refractivity contribution is -0.149. The summed E-state index contributed by atoms with van der Waals surface area (Å²) in [6.45, 7) is 0. The Morgan fingerprint density at radius 3 is 2.27 bits per heavy atom. The fourth-order valence-corrected chi connectivity index (χ4v) is 1.16. The minimum absolute atomic E-state index is 0.132. The molecule has 1 aromatic carbocycles. The summed E-state index contributed by atoms with van der Waals surface area (Å²) < 4.78 is 49.6. The maximum atomic E-state index is 13.1. The zero-order valence-corrected chi connectivity index (χ0v) is 8.03. The maximum absolute atomic E-state index is 13.1. The molecule has 0 heterocycles. The van der Waals surface area contributed by atoms with Crippen LogP contribution in [-0.2, 0) is 0 Å². The first kappa shape index (κ1) is 12.1. The standard InChI is InChI=1S/C8H7ClF4N2/c9-4-1-3(5(10)2-6(4)14)7(15)8(11,12)13/h1-2,7H,14-15H2/t7-/m1/s1. The van der Waals surface area contributed by atoms with Crippen molar-refractivity contribution < 1.29 is 17.6 Å². The second kappa shape index (κ2) is 3.86. The van der Waals surface area contributed by atoms with Crippen molar-refractivity contribution in [2.24, 2.45) is 5.73 Å². The number of nitrogens with two attached hydrogens (primary N) is 2.